The van der Waals surface area contributed by atoms with Gasteiger partial charge in [0.2, 0.25) is 0 Å². The molecule has 6 heteroatoms. The Bertz CT molecular complexity index is 559. The molecule has 2 aliphatic rings. The highest BCUT2D eigenvalue weighted by Gasteiger charge is 2.38. The summed E-state index contributed by atoms with van der Waals surface area (Å²) in [7, 11) is 0. The molecule has 0 radical (unpaired) electrons. The lowest BCUT2D eigenvalue weighted by Crippen LogP contribution is -2.57. The Kier molecular flexibility index (Phi) is 4.81. The van der Waals surface area contributed by atoms with E-state index in [0.29, 0.717) is 13.0 Å². The molecule has 6 nitrogen and oxygen atoms in total. The van der Waals surface area contributed by atoms with Crippen LogP contribution in [0.5, 0.6) is 0 Å². The van der Waals surface area contributed by atoms with E-state index in [9.17, 15) is 14.7 Å². The van der Waals surface area contributed by atoms with E-state index in [2.05, 4.69) is 4.90 Å². The van der Waals surface area contributed by atoms with Gasteiger partial charge in [0, 0.05) is 19.1 Å². The van der Waals surface area contributed by atoms with Gasteiger partial charge in [-0.3, -0.25) is 9.69 Å². The third-order valence-corrected chi connectivity index (χ3v) is 4.65. The smallest absolute Gasteiger partial charge is 0.410 e. The van der Waals surface area contributed by atoms with Gasteiger partial charge in [-0.25, -0.2) is 4.79 Å². The lowest BCUT2D eigenvalue weighted by Gasteiger charge is -2.44. The van der Waals surface area contributed by atoms with Crippen molar-refractivity contribution in [3.8, 4) is 0 Å². The molecule has 0 saturated carbocycles. The van der Waals surface area contributed by atoms with Gasteiger partial charge in [-0.15, -0.1) is 0 Å². The molecule has 2 heterocycles. The summed E-state index contributed by atoms with van der Waals surface area (Å²) >= 11 is 0. The maximum atomic E-state index is 12.3. The van der Waals surface area contributed by atoms with Crippen LogP contribution in [0.15, 0.2) is 30.3 Å². The number of carboxylic acids is 1. The number of benzene rings is 1. The van der Waals surface area contributed by atoms with E-state index in [4.69, 9.17) is 4.74 Å². The molecule has 3 rings (SSSR count). The van der Waals surface area contributed by atoms with E-state index in [-0.39, 0.29) is 19.2 Å². The van der Waals surface area contributed by atoms with Crippen molar-refractivity contribution in [3.63, 3.8) is 0 Å². The van der Waals surface area contributed by atoms with Crippen LogP contribution in [0.4, 0.5) is 4.79 Å². The molecule has 1 amide bonds. The second-order valence-corrected chi connectivity index (χ2v) is 6.26. The lowest BCUT2D eigenvalue weighted by molar-refractivity contribution is -0.144. The summed E-state index contributed by atoms with van der Waals surface area (Å²) in [5.41, 5.74) is 0.923. The zero-order valence-electron chi connectivity index (χ0n) is 13.1. The van der Waals surface area contributed by atoms with Gasteiger partial charge in [0.25, 0.3) is 0 Å². The predicted octanol–water partition coefficient (Wildman–Crippen LogP) is 1.80. The Morgan fingerprint density at radius 3 is 2.52 bits per heavy atom. The number of nitrogens with zero attached hydrogens (tertiary/aromatic N) is 2. The quantitative estimate of drug-likeness (QED) is 0.917. The Hall–Kier alpha value is -2.08. The molecule has 1 N–H and O–H groups in total. The maximum Gasteiger partial charge on any atom is 0.410 e. The fourth-order valence-corrected chi connectivity index (χ4v) is 3.18. The first-order valence-electron chi connectivity index (χ1n) is 8.06. The molecule has 2 aliphatic heterocycles. The number of amides is 1. The first-order valence-corrected chi connectivity index (χ1v) is 8.06. The minimum atomic E-state index is -0.837. The molecule has 2 unspecified atom stereocenters. The number of ether oxygens (including phenoxy) is 1. The number of carboxylic acid groups (broad SMARTS) is 1. The van der Waals surface area contributed by atoms with Gasteiger partial charge >= 0.3 is 12.1 Å². The van der Waals surface area contributed by atoms with Gasteiger partial charge in [-0.2, -0.15) is 0 Å². The number of piperidine rings is 1. The molecule has 0 spiro atoms. The van der Waals surface area contributed by atoms with Crippen LogP contribution in [-0.4, -0.2) is 59.2 Å². The fraction of sp³-hybridized carbons (Fsp3) is 0.529. The average Bonchev–Trinajstić information content (AvgIpc) is 2.51. The molecule has 2 fully saturated rings. The van der Waals surface area contributed by atoms with Gasteiger partial charge in [0.15, 0.2) is 0 Å². The standard InChI is InChI=1S/C17H22N2O4/c20-16(21)14-9-15(18-7-4-8-18)11-19(10-14)17(22)23-12-13-5-2-1-3-6-13/h1-3,5-6,14-15H,4,7-12H2,(H,20,21). The molecule has 1 aromatic rings. The molecule has 2 saturated heterocycles. The largest absolute Gasteiger partial charge is 0.481 e. The molecule has 0 aliphatic carbocycles. The molecular weight excluding hydrogens is 296 g/mol. The summed E-state index contributed by atoms with van der Waals surface area (Å²) in [4.78, 5) is 27.5. The number of carbonyl (C=O) groups excluding carboxylic acids is 1. The monoisotopic (exact) mass is 318 g/mol. The van der Waals surface area contributed by atoms with Crippen molar-refractivity contribution >= 4 is 12.1 Å². The zero-order chi connectivity index (χ0) is 16.2. The SMILES string of the molecule is O=C(O)C1CC(N2CCC2)CN(C(=O)OCc2ccccc2)C1. The highest BCUT2D eigenvalue weighted by Crippen LogP contribution is 2.25. The van der Waals surface area contributed by atoms with Gasteiger partial charge < -0.3 is 14.7 Å². The van der Waals surface area contributed by atoms with Crippen LogP contribution < -0.4 is 0 Å². The Morgan fingerprint density at radius 2 is 1.91 bits per heavy atom. The molecule has 0 bridgehead atoms. The van der Waals surface area contributed by atoms with Gasteiger partial charge in [0.1, 0.15) is 6.61 Å². The summed E-state index contributed by atoms with van der Waals surface area (Å²) in [5.74, 6) is -1.35. The van der Waals surface area contributed by atoms with Crippen molar-refractivity contribution in [1.29, 1.82) is 0 Å². The van der Waals surface area contributed by atoms with E-state index in [0.717, 1.165) is 25.1 Å². The number of hydrogen-bond donors (Lipinski definition) is 1. The highest BCUT2D eigenvalue weighted by molar-refractivity contribution is 5.73. The minimum absolute atomic E-state index is 0.128. The normalized spacial score (nSPS) is 24.8. The van der Waals surface area contributed by atoms with Crippen molar-refractivity contribution in [2.75, 3.05) is 26.2 Å². The summed E-state index contributed by atoms with van der Waals surface area (Å²) in [5, 5.41) is 9.34. The predicted molar refractivity (Wildman–Crippen MR) is 83.9 cm³/mol. The van der Waals surface area contributed by atoms with Crippen LogP contribution in [0, 0.1) is 5.92 Å². The van der Waals surface area contributed by atoms with Crippen LogP contribution in [0.1, 0.15) is 18.4 Å². The molecular formula is C17H22N2O4. The average molecular weight is 318 g/mol. The number of likely N-dealkylation sites (tertiary alicyclic amines) is 2. The summed E-state index contributed by atoms with van der Waals surface area (Å²) in [6, 6.07) is 9.61. The van der Waals surface area contributed by atoms with E-state index in [1.54, 1.807) is 4.90 Å². The van der Waals surface area contributed by atoms with E-state index >= 15 is 0 Å². The fourth-order valence-electron chi connectivity index (χ4n) is 3.18. The van der Waals surface area contributed by atoms with E-state index in [1.165, 1.54) is 0 Å². The first-order chi connectivity index (χ1) is 11.1. The minimum Gasteiger partial charge on any atom is -0.481 e. The second kappa shape index (κ2) is 7.00. The summed E-state index contributed by atoms with van der Waals surface area (Å²) in [6.07, 6.45) is 1.33. The molecule has 1 aromatic carbocycles. The molecule has 2 atom stereocenters. The van der Waals surface area contributed by atoms with Gasteiger partial charge in [0.05, 0.1) is 5.92 Å². The number of carbonyl (C=O) groups is 2. The Morgan fingerprint density at radius 1 is 1.17 bits per heavy atom. The molecule has 0 aromatic heterocycles. The van der Waals surface area contributed by atoms with Gasteiger partial charge in [-0.05, 0) is 31.5 Å². The molecule has 124 valence electrons. The molecule has 23 heavy (non-hydrogen) atoms. The third-order valence-electron chi connectivity index (χ3n) is 4.65. The van der Waals surface area contributed by atoms with Crippen LogP contribution in [0.3, 0.4) is 0 Å². The number of aliphatic carboxylic acids is 1. The van der Waals surface area contributed by atoms with Crippen molar-refractivity contribution in [2.45, 2.75) is 25.5 Å². The Labute approximate surface area is 135 Å². The Balaban J connectivity index is 1.59. The maximum absolute atomic E-state index is 12.3. The van der Waals surface area contributed by atoms with Crippen molar-refractivity contribution < 1.29 is 19.4 Å². The number of hydrogen-bond acceptors (Lipinski definition) is 4. The van der Waals surface area contributed by atoms with E-state index in [1.807, 2.05) is 30.3 Å². The van der Waals surface area contributed by atoms with Crippen LogP contribution >= 0.6 is 0 Å². The zero-order valence-corrected chi connectivity index (χ0v) is 13.1. The van der Waals surface area contributed by atoms with Crippen molar-refractivity contribution in [3.05, 3.63) is 35.9 Å². The van der Waals surface area contributed by atoms with Crippen molar-refractivity contribution in [1.82, 2.24) is 9.80 Å². The van der Waals surface area contributed by atoms with Crippen LogP contribution in [0.2, 0.25) is 0 Å². The summed E-state index contributed by atoms with van der Waals surface area (Å²) < 4.78 is 5.35. The van der Waals surface area contributed by atoms with Crippen LogP contribution in [0.25, 0.3) is 0 Å². The van der Waals surface area contributed by atoms with Crippen molar-refractivity contribution in [2.24, 2.45) is 5.92 Å². The van der Waals surface area contributed by atoms with E-state index < -0.39 is 18.0 Å². The topological polar surface area (TPSA) is 70.1 Å². The third kappa shape index (κ3) is 3.82. The highest BCUT2D eigenvalue weighted by atomic mass is 16.6. The first kappa shape index (κ1) is 15.8. The van der Waals surface area contributed by atoms with Gasteiger partial charge in [-0.1, -0.05) is 30.3 Å². The second-order valence-electron chi connectivity index (χ2n) is 6.26. The number of rotatable bonds is 4. The summed E-state index contributed by atoms with van der Waals surface area (Å²) in [6.45, 7) is 2.97. The van der Waals surface area contributed by atoms with Crippen LogP contribution in [-0.2, 0) is 16.1 Å². The lowest BCUT2D eigenvalue weighted by atomic mass is 9.92.